The molecule has 2 aromatic rings. The molecular formula is C16H17ClN2OS. The summed E-state index contributed by atoms with van der Waals surface area (Å²) < 4.78 is 0. The number of carbonyl (C=O) groups excluding carboxylic acids is 1. The van der Waals surface area contributed by atoms with Crippen molar-refractivity contribution in [2.24, 2.45) is 0 Å². The van der Waals surface area contributed by atoms with Gasteiger partial charge in [0.05, 0.1) is 11.6 Å². The van der Waals surface area contributed by atoms with E-state index in [1.54, 1.807) is 11.3 Å². The van der Waals surface area contributed by atoms with Crippen LogP contribution in [0.3, 0.4) is 0 Å². The average molecular weight is 321 g/mol. The summed E-state index contributed by atoms with van der Waals surface area (Å²) >= 11 is 7.41. The molecule has 1 amide bonds. The summed E-state index contributed by atoms with van der Waals surface area (Å²) in [6.45, 7) is 3.69. The number of aromatic nitrogens is 1. The van der Waals surface area contributed by atoms with E-state index in [4.69, 9.17) is 11.6 Å². The van der Waals surface area contributed by atoms with E-state index in [1.165, 1.54) is 11.1 Å². The SMILES string of the molecule is Cc1cc(-c2nc(CCl)cs2)ccc1CN1CCCC1=O. The van der Waals surface area contributed by atoms with E-state index in [2.05, 4.69) is 30.1 Å². The van der Waals surface area contributed by atoms with Crippen LogP contribution >= 0.6 is 22.9 Å². The van der Waals surface area contributed by atoms with Crippen molar-refractivity contribution in [3.05, 3.63) is 40.4 Å². The Morgan fingerprint density at radius 2 is 2.29 bits per heavy atom. The molecule has 21 heavy (non-hydrogen) atoms. The van der Waals surface area contributed by atoms with Crippen LogP contribution < -0.4 is 0 Å². The molecule has 1 aromatic carbocycles. The second kappa shape index (κ2) is 6.16. The Morgan fingerprint density at radius 1 is 1.43 bits per heavy atom. The Labute approximate surface area is 133 Å². The fraction of sp³-hybridized carbons (Fsp3) is 0.375. The van der Waals surface area contributed by atoms with Crippen molar-refractivity contribution in [2.45, 2.75) is 32.2 Å². The summed E-state index contributed by atoms with van der Waals surface area (Å²) in [6.07, 6.45) is 1.67. The van der Waals surface area contributed by atoms with Crippen LogP contribution in [0.25, 0.3) is 10.6 Å². The van der Waals surface area contributed by atoms with Gasteiger partial charge in [-0.3, -0.25) is 4.79 Å². The first kappa shape index (κ1) is 14.5. The number of hydrogen-bond donors (Lipinski definition) is 0. The van der Waals surface area contributed by atoms with Gasteiger partial charge in [-0.05, 0) is 30.5 Å². The second-order valence-electron chi connectivity index (χ2n) is 5.34. The lowest BCUT2D eigenvalue weighted by atomic mass is 10.0. The molecule has 5 heteroatoms. The normalized spacial score (nSPS) is 15.0. The van der Waals surface area contributed by atoms with Crippen molar-refractivity contribution in [1.82, 2.24) is 9.88 Å². The molecule has 1 aliphatic rings. The Bertz CT molecular complexity index is 668. The zero-order valence-electron chi connectivity index (χ0n) is 11.9. The van der Waals surface area contributed by atoms with Crippen LogP contribution in [0.15, 0.2) is 23.6 Å². The van der Waals surface area contributed by atoms with Gasteiger partial charge in [-0.2, -0.15) is 0 Å². The van der Waals surface area contributed by atoms with E-state index in [-0.39, 0.29) is 5.91 Å². The van der Waals surface area contributed by atoms with Crippen LogP contribution in [0, 0.1) is 6.92 Å². The summed E-state index contributed by atoms with van der Waals surface area (Å²) in [6, 6.07) is 6.34. The highest BCUT2D eigenvalue weighted by Crippen LogP contribution is 2.27. The van der Waals surface area contributed by atoms with E-state index in [0.29, 0.717) is 12.3 Å². The predicted molar refractivity (Wildman–Crippen MR) is 86.5 cm³/mol. The first-order chi connectivity index (χ1) is 10.2. The molecule has 0 atom stereocenters. The van der Waals surface area contributed by atoms with Gasteiger partial charge in [-0.15, -0.1) is 22.9 Å². The molecule has 0 aliphatic carbocycles. The lowest BCUT2D eigenvalue weighted by molar-refractivity contribution is -0.128. The fourth-order valence-electron chi connectivity index (χ4n) is 2.58. The smallest absolute Gasteiger partial charge is 0.222 e. The number of thiazole rings is 1. The van der Waals surface area contributed by atoms with Crippen LogP contribution in [-0.4, -0.2) is 22.3 Å². The monoisotopic (exact) mass is 320 g/mol. The Hall–Kier alpha value is -1.39. The van der Waals surface area contributed by atoms with Crippen molar-refractivity contribution >= 4 is 28.8 Å². The number of aryl methyl sites for hydroxylation is 1. The zero-order valence-corrected chi connectivity index (χ0v) is 13.5. The summed E-state index contributed by atoms with van der Waals surface area (Å²) in [4.78, 5) is 18.2. The zero-order chi connectivity index (χ0) is 14.8. The van der Waals surface area contributed by atoms with Gasteiger partial charge in [-0.1, -0.05) is 12.1 Å². The van der Waals surface area contributed by atoms with Gasteiger partial charge in [0.25, 0.3) is 0 Å². The maximum atomic E-state index is 11.7. The maximum absolute atomic E-state index is 11.7. The largest absolute Gasteiger partial charge is 0.338 e. The molecule has 1 fully saturated rings. The summed E-state index contributed by atoms with van der Waals surface area (Å²) in [5.74, 6) is 0.718. The third-order valence-corrected chi connectivity index (χ3v) is 5.02. The van der Waals surface area contributed by atoms with Gasteiger partial charge in [0, 0.05) is 30.5 Å². The first-order valence-corrected chi connectivity index (χ1v) is 8.47. The van der Waals surface area contributed by atoms with Gasteiger partial charge < -0.3 is 4.90 Å². The number of amides is 1. The summed E-state index contributed by atoms with van der Waals surface area (Å²) in [5, 5.41) is 2.99. The van der Waals surface area contributed by atoms with Gasteiger partial charge in [0.2, 0.25) is 5.91 Å². The maximum Gasteiger partial charge on any atom is 0.222 e. The number of alkyl halides is 1. The van der Waals surface area contributed by atoms with Crippen molar-refractivity contribution in [3.8, 4) is 10.6 Å². The van der Waals surface area contributed by atoms with Crippen LogP contribution in [0.5, 0.6) is 0 Å². The Morgan fingerprint density at radius 3 is 2.90 bits per heavy atom. The number of benzene rings is 1. The highest BCUT2D eigenvalue weighted by atomic mass is 35.5. The van der Waals surface area contributed by atoms with Crippen molar-refractivity contribution in [3.63, 3.8) is 0 Å². The van der Waals surface area contributed by atoms with E-state index < -0.39 is 0 Å². The molecule has 0 radical (unpaired) electrons. The summed E-state index contributed by atoms with van der Waals surface area (Å²) in [5.41, 5.74) is 4.45. The van der Waals surface area contributed by atoms with Crippen molar-refractivity contribution in [1.29, 1.82) is 0 Å². The molecule has 1 saturated heterocycles. The fourth-order valence-corrected chi connectivity index (χ4v) is 3.63. The van der Waals surface area contributed by atoms with Crippen LogP contribution in [0.2, 0.25) is 0 Å². The molecule has 0 saturated carbocycles. The molecule has 1 aromatic heterocycles. The highest BCUT2D eigenvalue weighted by Gasteiger charge is 2.20. The molecule has 0 N–H and O–H groups in total. The van der Waals surface area contributed by atoms with Gasteiger partial charge in [-0.25, -0.2) is 4.98 Å². The van der Waals surface area contributed by atoms with Crippen molar-refractivity contribution in [2.75, 3.05) is 6.54 Å². The van der Waals surface area contributed by atoms with Gasteiger partial charge in [0.1, 0.15) is 5.01 Å². The van der Waals surface area contributed by atoms with Crippen molar-refractivity contribution < 1.29 is 4.79 Å². The van der Waals surface area contributed by atoms with Crippen LogP contribution in [-0.2, 0) is 17.2 Å². The Kier molecular flexibility index (Phi) is 4.27. The number of carbonyl (C=O) groups is 1. The highest BCUT2D eigenvalue weighted by molar-refractivity contribution is 7.13. The minimum absolute atomic E-state index is 0.269. The number of rotatable bonds is 4. The van der Waals surface area contributed by atoms with Crippen LogP contribution in [0.4, 0.5) is 0 Å². The quantitative estimate of drug-likeness (QED) is 0.798. The second-order valence-corrected chi connectivity index (χ2v) is 6.46. The molecule has 0 bridgehead atoms. The topological polar surface area (TPSA) is 33.2 Å². The Balaban J connectivity index is 1.80. The lowest BCUT2D eigenvalue weighted by Gasteiger charge is -2.17. The molecule has 110 valence electrons. The number of likely N-dealkylation sites (tertiary alicyclic amines) is 1. The minimum Gasteiger partial charge on any atom is -0.338 e. The number of nitrogens with zero attached hydrogens (tertiary/aromatic N) is 2. The molecule has 1 aliphatic heterocycles. The van der Waals surface area contributed by atoms with E-state index in [9.17, 15) is 4.79 Å². The standard InChI is InChI=1S/C16H17ClN2OS/c1-11-7-12(16-18-14(8-17)10-21-16)4-5-13(11)9-19-6-2-3-15(19)20/h4-5,7,10H,2-3,6,8-9H2,1H3. The molecule has 2 heterocycles. The van der Waals surface area contributed by atoms with E-state index >= 15 is 0 Å². The summed E-state index contributed by atoms with van der Waals surface area (Å²) in [7, 11) is 0. The molecular weight excluding hydrogens is 304 g/mol. The molecule has 0 spiro atoms. The first-order valence-electron chi connectivity index (χ1n) is 7.05. The predicted octanol–water partition coefficient (Wildman–Crippen LogP) is 3.98. The van der Waals surface area contributed by atoms with E-state index in [0.717, 1.165) is 35.8 Å². The third-order valence-electron chi connectivity index (χ3n) is 3.81. The van der Waals surface area contributed by atoms with Crippen LogP contribution in [0.1, 0.15) is 29.7 Å². The molecule has 3 nitrogen and oxygen atoms in total. The minimum atomic E-state index is 0.269. The van der Waals surface area contributed by atoms with Gasteiger partial charge >= 0.3 is 0 Å². The number of hydrogen-bond acceptors (Lipinski definition) is 3. The third kappa shape index (κ3) is 3.11. The molecule has 3 rings (SSSR count). The lowest BCUT2D eigenvalue weighted by Crippen LogP contribution is -2.24. The number of halogens is 1. The van der Waals surface area contributed by atoms with E-state index in [1.807, 2.05) is 10.3 Å². The molecule has 0 unspecified atom stereocenters. The van der Waals surface area contributed by atoms with Gasteiger partial charge in [0.15, 0.2) is 0 Å². The average Bonchev–Trinajstić information content (AvgIpc) is 3.10.